The van der Waals surface area contributed by atoms with Gasteiger partial charge in [-0.2, -0.15) is 0 Å². The summed E-state index contributed by atoms with van der Waals surface area (Å²) in [4.78, 5) is 0. The monoisotopic (exact) mass is 177 g/mol. The minimum absolute atomic E-state index is 0.0286. The predicted octanol–water partition coefficient (Wildman–Crippen LogP) is 0.444. The zero-order valence-corrected chi connectivity index (χ0v) is 7.88. The van der Waals surface area contributed by atoms with Gasteiger partial charge in [0.2, 0.25) is 5.91 Å². The van der Waals surface area contributed by atoms with Crippen LogP contribution in [0.15, 0.2) is 0 Å². The average molecular weight is 177 g/mol. The van der Waals surface area contributed by atoms with Crippen molar-refractivity contribution >= 4 is 0 Å². The summed E-state index contributed by atoms with van der Waals surface area (Å²) in [6.07, 6.45) is 1.73. The summed E-state index contributed by atoms with van der Waals surface area (Å²) in [6, 6.07) is 0. The lowest BCUT2D eigenvalue weighted by Crippen LogP contribution is -2.47. The molecule has 0 aliphatic heterocycles. The van der Waals surface area contributed by atoms with E-state index in [0.717, 1.165) is 12.8 Å². The van der Waals surface area contributed by atoms with Gasteiger partial charge < -0.3 is 14.6 Å². The van der Waals surface area contributed by atoms with E-state index >= 15 is 0 Å². The van der Waals surface area contributed by atoms with Gasteiger partial charge in [-0.15, -0.1) is 0 Å². The Bertz CT molecular complexity index is 106. The first-order valence-corrected chi connectivity index (χ1v) is 4.35. The fourth-order valence-corrected chi connectivity index (χ4v) is 0.683. The summed E-state index contributed by atoms with van der Waals surface area (Å²) in [5.41, 5.74) is 5.35. The van der Waals surface area contributed by atoms with Crippen molar-refractivity contribution in [1.29, 1.82) is 0 Å². The molecule has 12 heavy (non-hydrogen) atoms. The molecule has 0 saturated carbocycles. The fourth-order valence-electron chi connectivity index (χ4n) is 0.683. The van der Waals surface area contributed by atoms with Gasteiger partial charge in [0.25, 0.3) is 0 Å². The number of ether oxygens (including phenoxy) is 2. The predicted molar refractivity (Wildman–Crippen MR) is 46.5 cm³/mol. The van der Waals surface area contributed by atoms with Crippen LogP contribution in [-0.2, 0) is 9.47 Å². The molecule has 4 heteroatoms. The first kappa shape index (κ1) is 11.8. The van der Waals surface area contributed by atoms with Crippen molar-refractivity contribution in [3.05, 3.63) is 0 Å². The van der Waals surface area contributed by atoms with E-state index in [1.807, 2.05) is 13.8 Å². The Kier molecular flexibility index (Phi) is 6.28. The molecule has 0 saturated heterocycles. The maximum Gasteiger partial charge on any atom is 0.247 e. The molecule has 0 bridgehead atoms. The van der Waals surface area contributed by atoms with E-state index in [1.165, 1.54) is 0 Å². The van der Waals surface area contributed by atoms with Crippen LogP contribution in [0.3, 0.4) is 0 Å². The van der Waals surface area contributed by atoms with Crippen LogP contribution in [-0.4, -0.2) is 30.8 Å². The summed E-state index contributed by atoms with van der Waals surface area (Å²) in [6.45, 7) is 5.00. The second-order valence-corrected chi connectivity index (χ2v) is 2.75. The van der Waals surface area contributed by atoms with Crippen molar-refractivity contribution in [3.63, 3.8) is 0 Å². The van der Waals surface area contributed by atoms with Crippen molar-refractivity contribution in [3.8, 4) is 0 Å². The molecule has 1 unspecified atom stereocenters. The lowest BCUT2D eigenvalue weighted by Gasteiger charge is -2.22. The highest BCUT2D eigenvalue weighted by atomic mass is 16.7. The van der Waals surface area contributed by atoms with Gasteiger partial charge in [0.1, 0.15) is 6.61 Å². The molecule has 0 aliphatic rings. The standard InChI is InChI=1S/C8H19NO3/c1-3-5-11-7-8(9,10)12-6-4-2/h10H,3-7,9H2,1-2H3. The van der Waals surface area contributed by atoms with Crippen LogP contribution in [0.5, 0.6) is 0 Å². The van der Waals surface area contributed by atoms with E-state index in [9.17, 15) is 5.11 Å². The normalized spacial score (nSPS) is 16.0. The minimum Gasteiger partial charge on any atom is -0.374 e. The highest BCUT2D eigenvalue weighted by Gasteiger charge is 2.21. The molecule has 0 aromatic heterocycles. The maximum absolute atomic E-state index is 9.30. The Morgan fingerprint density at radius 1 is 1.25 bits per heavy atom. The third-order valence-electron chi connectivity index (χ3n) is 1.21. The van der Waals surface area contributed by atoms with Gasteiger partial charge in [0.15, 0.2) is 0 Å². The zero-order valence-electron chi connectivity index (χ0n) is 7.88. The molecule has 74 valence electrons. The molecule has 0 heterocycles. The number of hydrogen-bond acceptors (Lipinski definition) is 4. The molecule has 0 rings (SSSR count). The number of aliphatic hydroxyl groups is 1. The molecule has 0 fully saturated rings. The SMILES string of the molecule is CCCOCC(N)(O)OCCC. The lowest BCUT2D eigenvalue weighted by atomic mass is 10.5. The van der Waals surface area contributed by atoms with E-state index in [4.69, 9.17) is 15.2 Å². The van der Waals surface area contributed by atoms with E-state index < -0.39 is 5.91 Å². The van der Waals surface area contributed by atoms with Gasteiger partial charge in [0, 0.05) is 6.61 Å². The number of rotatable bonds is 7. The minimum atomic E-state index is -1.62. The Hall–Kier alpha value is -0.160. The second-order valence-electron chi connectivity index (χ2n) is 2.75. The van der Waals surface area contributed by atoms with Crippen LogP contribution >= 0.6 is 0 Å². The van der Waals surface area contributed by atoms with Crippen molar-refractivity contribution in [2.24, 2.45) is 5.73 Å². The Labute approximate surface area is 73.7 Å². The number of hydrogen-bond donors (Lipinski definition) is 2. The second kappa shape index (κ2) is 6.37. The quantitative estimate of drug-likeness (QED) is 0.437. The van der Waals surface area contributed by atoms with Crippen LogP contribution in [0.2, 0.25) is 0 Å². The van der Waals surface area contributed by atoms with E-state index in [2.05, 4.69) is 0 Å². The van der Waals surface area contributed by atoms with Crippen LogP contribution in [0, 0.1) is 0 Å². The van der Waals surface area contributed by atoms with E-state index in [1.54, 1.807) is 0 Å². The smallest absolute Gasteiger partial charge is 0.247 e. The van der Waals surface area contributed by atoms with Gasteiger partial charge >= 0.3 is 0 Å². The molecule has 0 aromatic carbocycles. The first-order valence-electron chi connectivity index (χ1n) is 4.35. The molecule has 0 spiro atoms. The molecule has 1 atom stereocenters. The van der Waals surface area contributed by atoms with Crippen molar-refractivity contribution in [1.82, 2.24) is 0 Å². The van der Waals surface area contributed by atoms with Gasteiger partial charge in [-0.05, 0) is 12.8 Å². The van der Waals surface area contributed by atoms with Gasteiger partial charge in [0.05, 0.1) is 6.61 Å². The molecule has 0 aromatic rings. The lowest BCUT2D eigenvalue weighted by molar-refractivity contribution is -0.228. The summed E-state index contributed by atoms with van der Waals surface area (Å²) in [5.74, 6) is -1.62. The van der Waals surface area contributed by atoms with Crippen LogP contribution < -0.4 is 5.73 Å². The fraction of sp³-hybridized carbons (Fsp3) is 1.00. The van der Waals surface area contributed by atoms with Crippen molar-refractivity contribution in [2.45, 2.75) is 32.6 Å². The molecule has 0 aliphatic carbocycles. The Morgan fingerprint density at radius 3 is 2.33 bits per heavy atom. The van der Waals surface area contributed by atoms with Crippen LogP contribution in [0.25, 0.3) is 0 Å². The Morgan fingerprint density at radius 2 is 1.83 bits per heavy atom. The first-order chi connectivity index (χ1) is 5.62. The van der Waals surface area contributed by atoms with Gasteiger partial charge in [-0.1, -0.05) is 13.8 Å². The van der Waals surface area contributed by atoms with Crippen molar-refractivity contribution in [2.75, 3.05) is 19.8 Å². The van der Waals surface area contributed by atoms with Crippen LogP contribution in [0.4, 0.5) is 0 Å². The van der Waals surface area contributed by atoms with Crippen molar-refractivity contribution < 1.29 is 14.6 Å². The highest BCUT2D eigenvalue weighted by molar-refractivity contribution is 4.55. The molecular formula is C8H19NO3. The highest BCUT2D eigenvalue weighted by Crippen LogP contribution is 2.00. The maximum atomic E-state index is 9.30. The zero-order chi connectivity index (χ0) is 9.45. The number of nitrogens with two attached hydrogens (primary N) is 1. The Balaban J connectivity index is 3.42. The third kappa shape index (κ3) is 6.54. The van der Waals surface area contributed by atoms with Gasteiger partial charge in [-0.3, -0.25) is 5.73 Å². The van der Waals surface area contributed by atoms with Crippen LogP contribution in [0.1, 0.15) is 26.7 Å². The summed E-state index contributed by atoms with van der Waals surface area (Å²) in [5, 5.41) is 9.30. The third-order valence-corrected chi connectivity index (χ3v) is 1.21. The van der Waals surface area contributed by atoms with E-state index in [-0.39, 0.29) is 6.61 Å². The van der Waals surface area contributed by atoms with Gasteiger partial charge in [-0.25, -0.2) is 0 Å². The largest absolute Gasteiger partial charge is 0.374 e. The molecule has 0 radical (unpaired) electrons. The summed E-state index contributed by atoms with van der Waals surface area (Å²) in [7, 11) is 0. The summed E-state index contributed by atoms with van der Waals surface area (Å²) >= 11 is 0. The topological polar surface area (TPSA) is 64.7 Å². The molecule has 3 N–H and O–H groups in total. The molecule has 4 nitrogen and oxygen atoms in total. The molecular weight excluding hydrogens is 158 g/mol. The average Bonchev–Trinajstić information content (AvgIpc) is 2.01. The molecule has 0 amide bonds. The van der Waals surface area contributed by atoms with E-state index in [0.29, 0.717) is 13.2 Å². The summed E-state index contributed by atoms with van der Waals surface area (Å²) < 4.78 is 9.98.